The average molecular weight is 586 g/mol. The molecule has 0 unspecified atom stereocenters. The van der Waals surface area contributed by atoms with Crippen molar-refractivity contribution < 1.29 is 33.6 Å². The number of fused-ring (bicyclic) bond motifs is 1. The van der Waals surface area contributed by atoms with Gasteiger partial charge in [-0.05, 0) is 30.3 Å². The third-order valence-electron chi connectivity index (χ3n) is 5.92. The van der Waals surface area contributed by atoms with Crippen molar-refractivity contribution in [3.63, 3.8) is 0 Å². The van der Waals surface area contributed by atoms with Crippen molar-refractivity contribution in [1.29, 1.82) is 0 Å². The molecule has 4 rings (SSSR count). The van der Waals surface area contributed by atoms with Crippen LogP contribution in [-0.2, 0) is 14.2 Å². The van der Waals surface area contributed by atoms with Crippen molar-refractivity contribution in [3.05, 3.63) is 78.0 Å². The molecule has 0 saturated heterocycles. The van der Waals surface area contributed by atoms with E-state index in [4.69, 9.17) is 30.5 Å². The maximum atomic E-state index is 12.8. The monoisotopic (exact) mass is 585 g/mol. The second kappa shape index (κ2) is 15.7. The van der Waals surface area contributed by atoms with Crippen LogP contribution in [0.4, 0.5) is 22.1 Å². The largest absolute Gasteiger partial charge is 0.465 e. The number of carboxylic acid groups (broad SMARTS) is 1. The van der Waals surface area contributed by atoms with Crippen LogP contribution in [0.3, 0.4) is 0 Å². The van der Waals surface area contributed by atoms with Gasteiger partial charge < -0.3 is 34.7 Å². The number of hydrogen-bond acceptors (Lipinski definition) is 9. The summed E-state index contributed by atoms with van der Waals surface area (Å²) < 4.78 is 21.7. The van der Waals surface area contributed by atoms with Gasteiger partial charge in [-0.25, -0.2) is 9.78 Å². The van der Waals surface area contributed by atoms with Crippen LogP contribution in [0, 0.1) is 12.3 Å². The van der Waals surface area contributed by atoms with Crippen LogP contribution in [0.2, 0.25) is 0 Å². The Hall–Kier alpha value is -5.22. The molecule has 1 heterocycles. The van der Waals surface area contributed by atoms with E-state index >= 15 is 0 Å². The Balaban J connectivity index is 1.40. The SMILES string of the molecule is C#Cc1cc(Nc2nccc(Oc3ccc(NC(=O)O)c4ccccc34)n2)cc(C(=O)NCCOCCOCCOC)c1. The second-order valence-corrected chi connectivity index (χ2v) is 8.95. The van der Waals surface area contributed by atoms with E-state index < -0.39 is 6.09 Å². The molecule has 0 aliphatic carbocycles. The van der Waals surface area contributed by atoms with Crippen molar-refractivity contribution >= 4 is 40.1 Å². The van der Waals surface area contributed by atoms with E-state index in [0.717, 1.165) is 0 Å². The maximum Gasteiger partial charge on any atom is 0.409 e. The first-order valence-corrected chi connectivity index (χ1v) is 13.3. The molecule has 0 aliphatic heterocycles. The number of methoxy groups -OCH3 is 1. The molecule has 0 aliphatic rings. The fourth-order valence-electron chi connectivity index (χ4n) is 4.00. The Morgan fingerprint density at radius 3 is 2.49 bits per heavy atom. The Morgan fingerprint density at radius 1 is 0.953 bits per heavy atom. The molecule has 0 radical (unpaired) electrons. The van der Waals surface area contributed by atoms with Crippen LogP contribution in [-0.4, -0.2) is 73.8 Å². The summed E-state index contributed by atoms with van der Waals surface area (Å²) in [4.78, 5) is 32.6. The van der Waals surface area contributed by atoms with Crippen molar-refractivity contribution in [1.82, 2.24) is 15.3 Å². The lowest BCUT2D eigenvalue weighted by Gasteiger charge is -2.13. The number of nitrogens with one attached hydrogen (secondary N) is 3. The lowest BCUT2D eigenvalue weighted by Crippen LogP contribution is -2.27. The zero-order valence-corrected chi connectivity index (χ0v) is 23.5. The van der Waals surface area contributed by atoms with Gasteiger partial charge in [0.25, 0.3) is 5.91 Å². The minimum Gasteiger partial charge on any atom is -0.465 e. The van der Waals surface area contributed by atoms with Crippen LogP contribution in [0.5, 0.6) is 11.6 Å². The molecular weight excluding hydrogens is 554 g/mol. The Labute approximate surface area is 248 Å². The maximum absolute atomic E-state index is 12.8. The number of terminal acetylenes is 1. The van der Waals surface area contributed by atoms with E-state index in [2.05, 4.69) is 31.8 Å². The predicted molar refractivity (Wildman–Crippen MR) is 161 cm³/mol. The molecule has 4 aromatic rings. The molecule has 0 bridgehead atoms. The van der Waals surface area contributed by atoms with E-state index in [1.165, 1.54) is 6.20 Å². The number of rotatable bonds is 15. The van der Waals surface area contributed by atoms with E-state index in [0.29, 0.717) is 78.6 Å². The Kier molecular flexibility index (Phi) is 11.2. The summed E-state index contributed by atoms with van der Waals surface area (Å²) in [5.74, 6) is 3.18. The number of amides is 2. The standard InChI is InChI=1S/C31H31N5O7/c1-3-21-18-22(29(37)32-12-13-41-16-17-42-15-14-40-2)20-23(19-21)34-30-33-11-10-28(36-30)43-27-9-8-26(35-31(38)39)24-6-4-5-7-25(24)27/h1,4-11,18-20,35H,12-17H2,2H3,(H,32,37)(H,38,39)(H,33,34,36). The lowest BCUT2D eigenvalue weighted by atomic mass is 10.1. The molecule has 0 fully saturated rings. The van der Waals surface area contributed by atoms with E-state index in [1.807, 2.05) is 12.1 Å². The first kappa shape index (κ1) is 30.7. The topological polar surface area (TPSA) is 153 Å². The summed E-state index contributed by atoms with van der Waals surface area (Å²) in [5, 5.41) is 18.8. The molecule has 4 N–H and O–H groups in total. The quantitative estimate of drug-likeness (QED) is 0.115. The lowest BCUT2D eigenvalue weighted by molar-refractivity contribution is 0.0255. The number of aromatic nitrogens is 2. The molecule has 1 aromatic heterocycles. The first-order valence-electron chi connectivity index (χ1n) is 13.3. The first-order chi connectivity index (χ1) is 21.0. The summed E-state index contributed by atoms with van der Waals surface area (Å²) in [7, 11) is 1.61. The van der Waals surface area contributed by atoms with Gasteiger partial charge in [-0.2, -0.15) is 4.98 Å². The molecule has 0 spiro atoms. The van der Waals surface area contributed by atoms with Crippen molar-refractivity contribution in [3.8, 4) is 24.0 Å². The van der Waals surface area contributed by atoms with E-state index in [1.54, 1.807) is 55.6 Å². The highest BCUT2D eigenvalue weighted by Crippen LogP contribution is 2.34. The minimum atomic E-state index is -1.16. The highest BCUT2D eigenvalue weighted by atomic mass is 16.5. The van der Waals surface area contributed by atoms with Crippen molar-refractivity contribution in [2.45, 2.75) is 0 Å². The molecular formula is C31H31N5O7. The molecule has 12 nitrogen and oxygen atoms in total. The zero-order chi connectivity index (χ0) is 30.4. The number of carbonyl (C=O) groups is 2. The molecule has 12 heteroatoms. The van der Waals surface area contributed by atoms with Gasteiger partial charge in [0.05, 0.1) is 38.7 Å². The normalized spacial score (nSPS) is 10.6. The van der Waals surface area contributed by atoms with Gasteiger partial charge in [-0.1, -0.05) is 30.2 Å². The van der Waals surface area contributed by atoms with Crippen molar-refractivity contribution in [2.24, 2.45) is 0 Å². The third-order valence-corrected chi connectivity index (χ3v) is 5.92. The Morgan fingerprint density at radius 2 is 1.72 bits per heavy atom. The van der Waals surface area contributed by atoms with Gasteiger partial charge in [-0.15, -0.1) is 6.42 Å². The van der Waals surface area contributed by atoms with Gasteiger partial charge in [0.15, 0.2) is 0 Å². The van der Waals surface area contributed by atoms with Gasteiger partial charge in [-0.3, -0.25) is 10.1 Å². The second-order valence-electron chi connectivity index (χ2n) is 8.95. The molecule has 43 heavy (non-hydrogen) atoms. The number of benzene rings is 3. The van der Waals surface area contributed by atoms with Gasteiger partial charge in [0.1, 0.15) is 5.75 Å². The van der Waals surface area contributed by atoms with Gasteiger partial charge in [0, 0.05) is 53.5 Å². The highest BCUT2D eigenvalue weighted by molar-refractivity contribution is 6.02. The summed E-state index contributed by atoms with van der Waals surface area (Å²) >= 11 is 0. The molecule has 2 amide bonds. The molecule has 3 aromatic carbocycles. The van der Waals surface area contributed by atoms with Crippen LogP contribution in [0.1, 0.15) is 15.9 Å². The van der Waals surface area contributed by atoms with Gasteiger partial charge in [0.2, 0.25) is 11.8 Å². The minimum absolute atomic E-state index is 0.215. The average Bonchev–Trinajstić information content (AvgIpc) is 3.01. The van der Waals surface area contributed by atoms with E-state index in [9.17, 15) is 9.59 Å². The van der Waals surface area contributed by atoms with Crippen LogP contribution >= 0.6 is 0 Å². The number of anilines is 3. The summed E-state index contributed by atoms with van der Waals surface area (Å²) in [6, 6.07) is 17.1. The molecule has 222 valence electrons. The number of nitrogens with zero attached hydrogens (tertiary/aromatic N) is 2. The predicted octanol–water partition coefficient (Wildman–Crippen LogP) is 4.65. The Bertz CT molecular complexity index is 1610. The summed E-state index contributed by atoms with van der Waals surface area (Å²) in [6.45, 7) is 2.51. The number of ether oxygens (including phenoxy) is 4. The van der Waals surface area contributed by atoms with Crippen LogP contribution < -0.4 is 20.7 Å². The van der Waals surface area contributed by atoms with Crippen LogP contribution in [0.25, 0.3) is 10.8 Å². The third kappa shape index (κ3) is 9.14. The van der Waals surface area contributed by atoms with Crippen molar-refractivity contribution in [2.75, 3.05) is 57.3 Å². The summed E-state index contributed by atoms with van der Waals surface area (Å²) in [6.07, 6.45) is 5.99. The summed E-state index contributed by atoms with van der Waals surface area (Å²) in [5.41, 5.74) is 1.80. The fraction of sp³-hybridized carbons (Fsp3) is 0.226. The van der Waals surface area contributed by atoms with Crippen LogP contribution in [0.15, 0.2) is 66.9 Å². The molecule has 0 saturated carbocycles. The number of hydrogen-bond donors (Lipinski definition) is 4. The smallest absolute Gasteiger partial charge is 0.409 e. The zero-order valence-electron chi connectivity index (χ0n) is 23.5. The fourth-order valence-corrected chi connectivity index (χ4v) is 4.00. The van der Waals surface area contributed by atoms with Gasteiger partial charge >= 0.3 is 6.09 Å². The molecule has 0 atom stereocenters. The number of carbonyl (C=O) groups excluding carboxylic acids is 1. The highest BCUT2D eigenvalue weighted by Gasteiger charge is 2.12. The van der Waals surface area contributed by atoms with E-state index in [-0.39, 0.29) is 17.7 Å².